The zero-order valence-electron chi connectivity index (χ0n) is 11.9. The highest BCUT2D eigenvalue weighted by Gasteiger charge is 2.54. The Morgan fingerprint density at radius 2 is 2.29 bits per heavy atom. The van der Waals surface area contributed by atoms with E-state index >= 15 is 0 Å². The summed E-state index contributed by atoms with van der Waals surface area (Å²) in [6.45, 7) is 0. The molecule has 1 aliphatic rings. The van der Waals surface area contributed by atoms with Gasteiger partial charge in [-0.05, 0) is 0 Å². The predicted molar refractivity (Wildman–Crippen MR) is 80.2 cm³/mol. The molecule has 24 heavy (non-hydrogen) atoms. The van der Waals surface area contributed by atoms with Crippen LogP contribution >= 0.6 is 11.3 Å². The summed E-state index contributed by atoms with van der Waals surface area (Å²) in [5.74, 6) is -2.11. The summed E-state index contributed by atoms with van der Waals surface area (Å²) in [5.41, 5.74) is 5.20. The van der Waals surface area contributed by atoms with Crippen molar-refractivity contribution < 1.29 is 32.2 Å². The minimum Gasteiger partial charge on any atom is -0.398 e. The first-order valence-electron chi connectivity index (χ1n) is 6.10. The number of aldehydes is 1. The molecule has 0 spiro atoms. The highest BCUT2D eigenvalue weighted by atomic mass is 32.2. The van der Waals surface area contributed by atoms with Gasteiger partial charge in [0.25, 0.3) is 11.8 Å². The first-order valence-corrected chi connectivity index (χ1v) is 8.37. The number of nitrogens with two attached hydrogens (primary N) is 1. The number of carbonyl (C=O) groups is 3. The van der Waals surface area contributed by atoms with Crippen molar-refractivity contribution in [1.29, 1.82) is 0 Å². The van der Waals surface area contributed by atoms with E-state index in [4.69, 9.17) is 10.3 Å². The molecule has 14 heteroatoms. The molecule has 2 atom stereocenters. The maximum absolute atomic E-state index is 12.2. The monoisotopic (exact) mass is 377 g/mol. The second-order valence-corrected chi connectivity index (χ2v) is 6.56. The highest BCUT2D eigenvalue weighted by Crippen LogP contribution is 2.22. The fourth-order valence-electron chi connectivity index (χ4n) is 1.93. The Morgan fingerprint density at radius 1 is 1.62 bits per heavy atom. The molecule has 2 heterocycles. The Morgan fingerprint density at radius 3 is 2.75 bits per heavy atom. The van der Waals surface area contributed by atoms with E-state index in [9.17, 15) is 22.8 Å². The fourth-order valence-corrected chi connectivity index (χ4v) is 3.30. The van der Waals surface area contributed by atoms with E-state index in [0.29, 0.717) is 0 Å². The third-order valence-electron chi connectivity index (χ3n) is 2.93. The average molecular weight is 377 g/mol. The molecule has 12 nitrogen and oxygen atoms in total. The normalized spacial score (nSPS) is 21.2. The first-order chi connectivity index (χ1) is 11.2. The average Bonchev–Trinajstić information content (AvgIpc) is 2.91. The molecule has 0 saturated carbocycles. The maximum Gasteiger partial charge on any atom is 0.362 e. The van der Waals surface area contributed by atoms with Gasteiger partial charge in [-0.25, -0.2) is 9.29 Å². The SMILES string of the molecule is CON=C(C(=O)N[C@@H]1C(=O)N(S(=O)(=O)O)[C@@H]1C=O)c1csc(N)n1. The first kappa shape index (κ1) is 17.8. The Bertz CT molecular complexity index is 817. The van der Waals surface area contributed by atoms with Gasteiger partial charge in [-0.15, -0.1) is 11.3 Å². The van der Waals surface area contributed by atoms with Crippen LogP contribution in [0.4, 0.5) is 5.13 Å². The molecule has 0 aromatic carbocycles. The van der Waals surface area contributed by atoms with Crippen LogP contribution in [0.5, 0.6) is 0 Å². The number of anilines is 1. The Kier molecular flexibility index (Phi) is 4.81. The van der Waals surface area contributed by atoms with Crippen molar-refractivity contribution >= 4 is 50.6 Å². The molecule has 1 aromatic heterocycles. The van der Waals surface area contributed by atoms with Gasteiger partial charge in [0, 0.05) is 5.38 Å². The number of nitrogen functional groups attached to an aromatic ring is 1. The van der Waals surface area contributed by atoms with Crippen molar-refractivity contribution in [1.82, 2.24) is 14.6 Å². The predicted octanol–water partition coefficient (Wildman–Crippen LogP) is -2.23. The van der Waals surface area contributed by atoms with Crippen molar-refractivity contribution in [3.63, 3.8) is 0 Å². The molecule has 1 aromatic rings. The smallest absolute Gasteiger partial charge is 0.362 e. The van der Waals surface area contributed by atoms with Gasteiger partial charge in [-0.2, -0.15) is 8.42 Å². The van der Waals surface area contributed by atoms with E-state index in [1.54, 1.807) is 0 Å². The number of amides is 2. The number of thiazole rings is 1. The minimum absolute atomic E-state index is 0.0427. The van der Waals surface area contributed by atoms with E-state index in [1.807, 2.05) is 0 Å². The van der Waals surface area contributed by atoms with Crippen molar-refractivity contribution in [2.24, 2.45) is 5.16 Å². The number of oxime groups is 1. The molecular formula is C10H11N5O7S2. The van der Waals surface area contributed by atoms with Crippen molar-refractivity contribution in [2.45, 2.75) is 12.1 Å². The molecule has 0 unspecified atom stereocenters. The van der Waals surface area contributed by atoms with Crippen molar-refractivity contribution in [2.75, 3.05) is 12.8 Å². The van der Waals surface area contributed by atoms with Crippen molar-refractivity contribution in [3.05, 3.63) is 11.1 Å². The molecule has 1 saturated heterocycles. The summed E-state index contributed by atoms with van der Waals surface area (Å²) in [6, 6.07) is -3.05. The molecule has 0 aliphatic carbocycles. The number of nitrogens with zero attached hydrogens (tertiary/aromatic N) is 3. The van der Waals surface area contributed by atoms with Crippen LogP contribution in [-0.2, 0) is 29.5 Å². The molecule has 0 bridgehead atoms. The zero-order valence-corrected chi connectivity index (χ0v) is 13.6. The van der Waals surface area contributed by atoms with Gasteiger partial charge in [-0.3, -0.25) is 14.1 Å². The Hall–Kier alpha value is -2.58. The lowest BCUT2D eigenvalue weighted by atomic mass is 10.00. The molecule has 2 amide bonds. The third kappa shape index (κ3) is 3.19. The quantitative estimate of drug-likeness (QED) is 0.162. The van der Waals surface area contributed by atoms with Gasteiger partial charge >= 0.3 is 10.3 Å². The van der Waals surface area contributed by atoms with Crippen LogP contribution in [-0.4, -0.2) is 65.3 Å². The lowest BCUT2D eigenvalue weighted by molar-refractivity contribution is -0.147. The molecule has 1 aliphatic heterocycles. The van der Waals surface area contributed by atoms with E-state index in [2.05, 4.69) is 20.3 Å². The van der Waals surface area contributed by atoms with Crippen molar-refractivity contribution in [3.8, 4) is 0 Å². The zero-order chi connectivity index (χ0) is 18.1. The van der Waals surface area contributed by atoms with E-state index in [1.165, 1.54) is 12.5 Å². The van der Waals surface area contributed by atoms with Gasteiger partial charge in [0.1, 0.15) is 31.2 Å². The summed E-state index contributed by atoms with van der Waals surface area (Å²) >= 11 is 1.03. The van der Waals surface area contributed by atoms with Gasteiger partial charge in [0.15, 0.2) is 10.8 Å². The van der Waals surface area contributed by atoms with E-state index < -0.39 is 34.2 Å². The number of β-lactam (4-membered cyclic amide) rings is 1. The lowest BCUT2D eigenvalue weighted by Gasteiger charge is -2.40. The standard InChI is InChI=1S/C10H11N5O7S2/c1-22-14-6(4-3-23-10(11)12-4)8(17)13-7-5(2-16)15(9(7)18)24(19,20)21/h2-3,5,7H,1H3,(H2,11,12)(H,13,17)(H,19,20,21)/t5-,7+/m1/s1. The molecule has 1 fully saturated rings. The molecule has 4 N–H and O–H groups in total. The van der Waals surface area contributed by atoms with Crippen LogP contribution in [0.25, 0.3) is 0 Å². The number of hydrogen-bond acceptors (Lipinski definition) is 10. The second-order valence-electron chi connectivity index (χ2n) is 4.38. The largest absolute Gasteiger partial charge is 0.398 e. The number of carbonyl (C=O) groups excluding carboxylic acids is 3. The summed E-state index contributed by atoms with van der Waals surface area (Å²) < 4.78 is 30.8. The van der Waals surface area contributed by atoms with Gasteiger partial charge in [0.05, 0.1) is 0 Å². The molecule has 2 rings (SSSR count). The van der Waals surface area contributed by atoms with Crippen LogP contribution in [0.15, 0.2) is 10.5 Å². The van der Waals surface area contributed by atoms with Crippen LogP contribution < -0.4 is 11.1 Å². The van der Waals surface area contributed by atoms with E-state index in [-0.39, 0.29) is 27.1 Å². The summed E-state index contributed by atoms with van der Waals surface area (Å²) in [5, 5.41) is 7.18. The number of nitrogens with one attached hydrogen (secondary N) is 1. The Balaban J connectivity index is 2.21. The number of rotatable bonds is 6. The van der Waals surface area contributed by atoms with Crippen LogP contribution in [0.2, 0.25) is 0 Å². The van der Waals surface area contributed by atoms with Gasteiger partial charge < -0.3 is 20.7 Å². The number of aromatic nitrogens is 1. The third-order valence-corrected chi connectivity index (χ3v) is 4.53. The highest BCUT2D eigenvalue weighted by molar-refractivity contribution is 7.84. The number of hydrogen-bond donors (Lipinski definition) is 3. The van der Waals surface area contributed by atoms with Gasteiger partial charge in [0.2, 0.25) is 0 Å². The second kappa shape index (κ2) is 6.50. The summed E-state index contributed by atoms with van der Waals surface area (Å²) in [4.78, 5) is 43.3. The van der Waals surface area contributed by atoms with Crippen LogP contribution in [0, 0.1) is 0 Å². The van der Waals surface area contributed by atoms with E-state index in [0.717, 1.165) is 11.3 Å². The molecular weight excluding hydrogens is 366 g/mol. The lowest BCUT2D eigenvalue weighted by Crippen LogP contribution is -2.72. The maximum atomic E-state index is 12.2. The van der Waals surface area contributed by atoms with Crippen LogP contribution in [0.3, 0.4) is 0 Å². The Labute approximate surface area is 139 Å². The minimum atomic E-state index is -4.91. The summed E-state index contributed by atoms with van der Waals surface area (Å²) in [6.07, 6.45) is 0.105. The molecule has 0 radical (unpaired) electrons. The fraction of sp³-hybridized carbons (Fsp3) is 0.300. The summed E-state index contributed by atoms with van der Waals surface area (Å²) in [7, 11) is -3.73. The molecule has 130 valence electrons. The van der Waals surface area contributed by atoms with Crippen LogP contribution in [0.1, 0.15) is 5.69 Å². The topological polar surface area (TPSA) is 181 Å². The van der Waals surface area contributed by atoms with Gasteiger partial charge in [-0.1, -0.05) is 5.16 Å².